The van der Waals surface area contributed by atoms with Crippen molar-refractivity contribution < 1.29 is 0 Å². The molecule has 58 valence electrons. The van der Waals surface area contributed by atoms with Gasteiger partial charge in [-0.15, -0.1) is 11.3 Å². The summed E-state index contributed by atoms with van der Waals surface area (Å²) in [5, 5.41) is 0. The van der Waals surface area contributed by atoms with Crippen molar-refractivity contribution in [3.63, 3.8) is 0 Å². The van der Waals surface area contributed by atoms with Crippen LogP contribution >= 0.6 is 11.3 Å². The van der Waals surface area contributed by atoms with Gasteiger partial charge in [-0.25, -0.2) is 4.98 Å². The Hall–Kier alpha value is -0.960. The first-order chi connectivity index (χ1) is 5.38. The van der Waals surface area contributed by atoms with Crippen LogP contribution in [0.1, 0.15) is 17.5 Å². The molecule has 0 amide bonds. The zero-order chi connectivity index (χ0) is 8.10. The smallest absolute Gasteiger partial charge is 0.0989 e. The Kier molecular flexibility index (Phi) is 2.98. The predicted octanol–water partition coefficient (Wildman–Crippen LogP) is 2.22. The van der Waals surface area contributed by atoms with Crippen LogP contribution in [0.3, 0.4) is 0 Å². The fourth-order valence-electron chi connectivity index (χ4n) is 0.759. The topological polar surface area (TPSA) is 25.2 Å². The Morgan fingerprint density at radius 3 is 3.09 bits per heavy atom. The molecule has 0 aliphatic carbocycles. The van der Waals surface area contributed by atoms with E-state index in [2.05, 4.69) is 9.98 Å². The average Bonchev–Trinajstić information content (AvgIpc) is 2.39. The summed E-state index contributed by atoms with van der Waals surface area (Å²) in [6, 6.07) is 0. The number of hydrogen-bond acceptors (Lipinski definition) is 3. The van der Waals surface area contributed by atoms with E-state index in [4.69, 9.17) is 0 Å². The van der Waals surface area contributed by atoms with Gasteiger partial charge in [-0.3, -0.25) is 4.99 Å². The number of thiazole rings is 1. The van der Waals surface area contributed by atoms with E-state index in [1.807, 2.05) is 24.6 Å². The molecule has 0 unspecified atom stereocenters. The van der Waals surface area contributed by atoms with Crippen LogP contribution in [0.15, 0.2) is 16.6 Å². The van der Waals surface area contributed by atoms with Crippen LogP contribution in [0.2, 0.25) is 0 Å². The molecule has 0 aromatic carbocycles. The molecule has 1 heterocycles. The van der Waals surface area contributed by atoms with Crippen LogP contribution in [-0.4, -0.2) is 18.2 Å². The van der Waals surface area contributed by atoms with Gasteiger partial charge in [-0.05, 0) is 13.0 Å². The predicted molar refractivity (Wildman–Crippen MR) is 50.3 cm³/mol. The molecule has 0 saturated carbocycles. The minimum absolute atomic E-state index is 0.954. The van der Waals surface area contributed by atoms with Gasteiger partial charge in [-0.1, -0.05) is 6.08 Å². The first-order valence-electron chi connectivity index (χ1n) is 3.37. The number of allylic oxidation sites excluding steroid dienone is 1. The quantitative estimate of drug-likeness (QED) is 0.618. The normalized spacial score (nSPS) is 11.8. The highest BCUT2D eigenvalue weighted by Crippen LogP contribution is 2.12. The SMILES string of the molecule is CC=Cc1scnc1C=NC. The molecule has 0 aliphatic heterocycles. The van der Waals surface area contributed by atoms with Crippen LogP contribution in [0.4, 0.5) is 0 Å². The number of aliphatic imine (C=N–C) groups is 1. The van der Waals surface area contributed by atoms with Crippen molar-refractivity contribution >= 4 is 23.6 Å². The highest BCUT2D eigenvalue weighted by molar-refractivity contribution is 7.10. The number of rotatable bonds is 2. The molecule has 2 nitrogen and oxygen atoms in total. The third-order valence-electron chi connectivity index (χ3n) is 1.19. The number of hydrogen-bond donors (Lipinski definition) is 0. The first kappa shape index (κ1) is 8.14. The van der Waals surface area contributed by atoms with E-state index in [0.29, 0.717) is 0 Å². The summed E-state index contributed by atoms with van der Waals surface area (Å²) in [5.74, 6) is 0. The molecule has 11 heavy (non-hydrogen) atoms. The fraction of sp³-hybridized carbons (Fsp3) is 0.250. The highest BCUT2D eigenvalue weighted by atomic mass is 32.1. The standard InChI is InChI=1S/C8H10N2S/c1-3-4-8-7(5-9-2)10-6-11-8/h3-6H,1-2H3. The van der Waals surface area contributed by atoms with Crippen molar-refractivity contribution in [2.75, 3.05) is 7.05 Å². The highest BCUT2D eigenvalue weighted by Gasteiger charge is 1.97. The molecular weight excluding hydrogens is 156 g/mol. The molecule has 0 saturated heterocycles. The maximum absolute atomic E-state index is 4.14. The van der Waals surface area contributed by atoms with Gasteiger partial charge in [0.15, 0.2) is 0 Å². The maximum Gasteiger partial charge on any atom is 0.0989 e. The van der Waals surface area contributed by atoms with E-state index in [9.17, 15) is 0 Å². The Bertz CT molecular complexity index is 247. The van der Waals surface area contributed by atoms with E-state index in [-0.39, 0.29) is 0 Å². The fourth-order valence-corrected chi connectivity index (χ4v) is 1.48. The summed E-state index contributed by atoms with van der Waals surface area (Å²) in [5.41, 5.74) is 2.78. The largest absolute Gasteiger partial charge is 0.294 e. The van der Waals surface area contributed by atoms with E-state index < -0.39 is 0 Å². The van der Waals surface area contributed by atoms with Crippen LogP contribution in [0.25, 0.3) is 6.08 Å². The van der Waals surface area contributed by atoms with Crippen LogP contribution in [-0.2, 0) is 0 Å². The summed E-state index contributed by atoms with van der Waals surface area (Å²) in [6.45, 7) is 1.99. The molecule has 0 atom stereocenters. The van der Waals surface area contributed by atoms with Gasteiger partial charge in [0.05, 0.1) is 16.1 Å². The minimum Gasteiger partial charge on any atom is -0.294 e. The molecule has 0 fully saturated rings. The molecule has 1 aromatic rings. The van der Waals surface area contributed by atoms with E-state index in [0.717, 1.165) is 10.6 Å². The van der Waals surface area contributed by atoms with Gasteiger partial charge in [0.1, 0.15) is 0 Å². The van der Waals surface area contributed by atoms with Gasteiger partial charge in [-0.2, -0.15) is 0 Å². The van der Waals surface area contributed by atoms with Crippen LogP contribution in [0.5, 0.6) is 0 Å². The molecule has 3 heteroatoms. The molecule has 0 N–H and O–H groups in total. The minimum atomic E-state index is 0.954. The van der Waals surface area contributed by atoms with E-state index in [1.165, 1.54) is 0 Å². The molecule has 1 aromatic heterocycles. The van der Waals surface area contributed by atoms with Crippen LogP contribution < -0.4 is 0 Å². The van der Waals surface area contributed by atoms with Crippen molar-refractivity contribution in [2.45, 2.75) is 6.92 Å². The second-order valence-corrected chi connectivity index (χ2v) is 2.88. The van der Waals surface area contributed by atoms with Crippen LogP contribution in [0, 0.1) is 0 Å². The molecule has 0 spiro atoms. The third-order valence-corrected chi connectivity index (χ3v) is 2.00. The number of aromatic nitrogens is 1. The Morgan fingerprint density at radius 1 is 1.64 bits per heavy atom. The zero-order valence-electron chi connectivity index (χ0n) is 6.61. The monoisotopic (exact) mass is 166 g/mol. The average molecular weight is 166 g/mol. The lowest BCUT2D eigenvalue weighted by Crippen LogP contribution is -1.82. The van der Waals surface area contributed by atoms with Crippen molar-refractivity contribution in [2.24, 2.45) is 4.99 Å². The van der Waals surface area contributed by atoms with Gasteiger partial charge < -0.3 is 0 Å². The molecule has 0 radical (unpaired) electrons. The van der Waals surface area contributed by atoms with Gasteiger partial charge >= 0.3 is 0 Å². The Balaban J connectivity index is 2.95. The lowest BCUT2D eigenvalue weighted by Gasteiger charge is -1.85. The summed E-state index contributed by atoms with van der Waals surface area (Å²) in [6.07, 6.45) is 5.81. The van der Waals surface area contributed by atoms with Gasteiger partial charge in [0.25, 0.3) is 0 Å². The van der Waals surface area contributed by atoms with Crippen molar-refractivity contribution in [1.82, 2.24) is 4.98 Å². The van der Waals surface area contributed by atoms with Crippen molar-refractivity contribution in [3.8, 4) is 0 Å². The van der Waals surface area contributed by atoms with Gasteiger partial charge in [0.2, 0.25) is 0 Å². The third kappa shape index (κ3) is 1.98. The Labute approximate surface area is 70.3 Å². The lowest BCUT2D eigenvalue weighted by molar-refractivity contribution is 1.36. The van der Waals surface area contributed by atoms with E-state index in [1.54, 1.807) is 24.6 Å². The summed E-state index contributed by atoms with van der Waals surface area (Å²) in [7, 11) is 1.75. The second kappa shape index (κ2) is 4.03. The first-order valence-corrected chi connectivity index (χ1v) is 4.24. The molecule has 0 aliphatic rings. The van der Waals surface area contributed by atoms with E-state index >= 15 is 0 Å². The van der Waals surface area contributed by atoms with Gasteiger partial charge in [0, 0.05) is 13.3 Å². The molecule has 1 rings (SSSR count). The summed E-state index contributed by atoms with van der Waals surface area (Å²) in [4.78, 5) is 9.21. The van der Waals surface area contributed by atoms with Crippen molar-refractivity contribution in [3.05, 3.63) is 22.2 Å². The zero-order valence-corrected chi connectivity index (χ0v) is 7.43. The molecular formula is C8H10N2S. The second-order valence-electron chi connectivity index (χ2n) is 1.99. The van der Waals surface area contributed by atoms with Crippen molar-refractivity contribution in [1.29, 1.82) is 0 Å². The lowest BCUT2D eigenvalue weighted by atomic mass is 10.3. The Morgan fingerprint density at radius 2 is 2.45 bits per heavy atom. The maximum atomic E-state index is 4.14. The summed E-state index contributed by atoms with van der Waals surface area (Å²) >= 11 is 1.62. The summed E-state index contributed by atoms with van der Waals surface area (Å²) < 4.78 is 0. The molecule has 0 bridgehead atoms. The number of nitrogens with zero attached hydrogens (tertiary/aromatic N) is 2.